The molecule has 0 aromatic heterocycles. The van der Waals surface area contributed by atoms with Crippen LogP contribution in [0.5, 0.6) is 0 Å². The fraction of sp³-hybridized carbons (Fsp3) is 0.917. The Morgan fingerprint density at radius 1 is 1.22 bits per heavy atom. The van der Waals surface area contributed by atoms with Crippen LogP contribution >= 0.6 is 0 Å². The summed E-state index contributed by atoms with van der Waals surface area (Å²) in [5, 5.41) is 12.7. The Kier molecular flexibility index (Phi) is 5.84. The highest BCUT2D eigenvalue weighted by atomic mass is 16.2. The molecule has 0 spiro atoms. The van der Waals surface area contributed by atoms with Crippen LogP contribution < -0.4 is 21.3 Å². The molecule has 0 saturated carbocycles. The Labute approximate surface area is 110 Å². The smallest absolute Gasteiger partial charge is 0.317 e. The van der Waals surface area contributed by atoms with E-state index in [9.17, 15) is 4.79 Å². The van der Waals surface area contributed by atoms with E-state index in [0.717, 1.165) is 32.7 Å². The Balaban J connectivity index is 2.72. The molecule has 2 amide bonds. The lowest BCUT2D eigenvalue weighted by Crippen LogP contribution is -2.54. The van der Waals surface area contributed by atoms with Crippen LogP contribution in [0.25, 0.3) is 0 Å². The van der Waals surface area contributed by atoms with Crippen molar-refractivity contribution in [1.82, 2.24) is 26.2 Å². The summed E-state index contributed by atoms with van der Waals surface area (Å²) in [7, 11) is 5.85. The van der Waals surface area contributed by atoms with Gasteiger partial charge in [-0.15, -0.1) is 0 Å². The second-order valence-corrected chi connectivity index (χ2v) is 5.32. The highest BCUT2D eigenvalue weighted by Crippen LogP contribution is 2.19. The Hall–Kier alpha value is -0.850. The van der Waals surface area contributed by atoms with Crippen LogP contribution in [0.3, 0.4) is 0 Å². The highest BCUT2D eigenvalue weighted by molar-refractivity contribution is 5.76. The molecule has 1 heterocycles. The zero-order chi connectivity index (χ0) is 13.6. The molecule has 0 aromatic rings. The Bertz CT molecular complexity index is 254. The highest BCUT2D eigenvalue weighted by Gasteiger charge is 2.35. The molecule has 1 aliphatic rings. The summed E-state index contributed by atoms with van der Waals surface area (Å²) in [5.41, 5.74) is 0.0135. The van der Waals surface area contributed by atoms with E-state index < -0.39 is 0 Å². The van der Waals surface area contributed by atoms with Gasteiger partial charge >= 0.3 is 6.03 Å². The van der Waals surface area contributed by atoms with Crippen molar-refractivity contribution in [2.24, 2.45) is 5.41 Å². The molecule has 0 radical (unpaired) electrons. The summed E-state index contributed by atoms with van der Waals surface area (Å²) in [6.45, 7) is 6.18. The van der Waals surface area contributed by atoms with Crippen LogP contribution in [0.15, 0.2) is 0 Å². The lowest BCUT2D eigenvalue weighted by Gasteiger charge is -2.36. The van der Waals surface area contributed by atoms with Crippen molar-refractivity contribution in [2.75, 3.05) is 53.9 Å². The van der Waals surface area contributed by atoms with Gasteiger partial charge in [-0.05, 0) is 28.1 Å². The number of hydrogen-bond donors (Lipinski definition) is 4. The van der Waals surface area contributed by atoms with Gasteiger partial charge in [0, 0.05) is 44.2 Å². The molecule has 0 aromatic carbocycles. The number of rotatable bonds is 8. The molecule has 0 aliphatic carbocycles. The van der Waals surface area contributed by atoms with E-state index in [4.69, 9.17) is 0 Å². The van der Waals surface area contributed by atoms with Crippen LogP contribution in [0, 0.1) is 5.41 Å². The average molecular weight is 257 g/mol. The van der Waals surface area contributed by atoms with Gasteiger partial charge in [-0.1, -0.05) is 0 Å². The lowest BCUT2D eigenvalue weighted by molar-refractivity contribution is 0.165. The maximum Gasteiger partial charge on any atom is 0.317 e. The molecule has 1 saturated heterocycles. The predicted octanol–water partition coefficient (Wildman–Crippen LogP) is -0.955. The zero-order valence-electron chi connectivity index (χ0n) is 12.0. The Morgan fingerprint density at radius 3 is 2.06 bits per heavy atom. The number of urea groups is 1. The van der Waals surface area contributed by atoms with E-state index >= 15 is 0 Å². The Morgan fingerprint density at radius 2 is 1.72 bits per heavy atom. The molecular weight excluding hydrogens is 230 g/mol. The number of hydrogen-bond acceptors (Lipinski definition) is 4. The van der Waals surface area contributed by atoms with E-state index in [0.29, 0.717) is 0 Å². The van der Waals surface area contributed by atoms with Crippen molar-refractivity contribution in [2.45, 2.75) is 13.0 Å². The lowest BCUT2D eigenvalue weighted by atomic mass is 9.86. The molecule has 1 rings (SSSR count). The normalized spacial score (nSPS) is 20.3. The standard InChI is InChI=1S/C12H27N5O/c1-10-5-17(11(18)16-10)9-12(6-13-2,7-14-3)8-15-4/h10,13-15H,5-9H2,1-4H3,(H,16,18). The van der Waals surface area contributed by atoms with Crippen molar-refractivity contribution in [3.8, 4) is 0 Å². The van der Waals surface area contributed by atoms with Crippen molar-refractivity contribution in [3.63, 3.8) is 0 Å². The molecular formula is C12H27N5O. The summed E-state index contributed by atoms with van der Waals surface area (Å²) in [5.74, 6) is 0. The van der Waals surface area contributed by atoms with E-state index in [2.05, 4.69) is 21.3 Å². The van der Waals surface area contributed by atoms with Gasteiger partial charge in [-0.2, -0.15) is 0 Å². The third-order valence-corrected chi connectivity index (χ3v) is 3.33. The average Bonchev–Trinajstić information content (AvgIpc) is 2.58. The van der Waals surface area contributed by atoms with Gasteiger partial charge in [0.25, 0.3) is 0 Å². The monoisotopic (exact) mass is 257 g/mol. The first-order valence-electron chi connectivity index (χ1n) is 6.56. The summed E-state index contributed by atoms with van der Waals surface area (Å²) in [4.78, 5) is 13.7. The van der Waals surface area contributed by atoms with E-state index in [1.165, 1.54) is 0 Å². The number of amides is 2. The first-order valence-corrected chi connectivity index (χ1v) is 6.56. The molecule has 18 heavy (non-hydrogen) atoms. The third kappa shape index (κ3) is 3.83. The molecule has 1 unspecified atom stereocenters. The van der Waals surface area contributed by atoms with E-state index in [-0.39, 0.29) is 17.5 Å². The minimum atomic E-state index is 0.0135. The third-order valence-electron chi connectivity index (χ3n) is 3.33. The molecule has 1 fully saturated rings. The van der Waals surface area contributed by atoms with Gasteiger partial charge in [0.05, 0.1) is 0 Å². The van der Waals surface area contributed by atoms with Gasteiger partial charge < -0.3 is 26.2 Å². The molecule has 1 aliphatic heterocycles. The maximum absolute atomic E-state index is 11.8. The summed E-state index contributed by atoms with van der Waals surface area (Å²) in [6.07, 6.45) is 0. The van der Waals surface area contributed by atoms with Crippen LogP contribution in [0.2, 0.25) is 0 Å². The minimum Gasteiger partial charge on any atom is -0.334 e. The number of carbonyl (C=O) groups excluding carboxylic acids is 1. The fourth-order valence-corrected chi connectivity index (χ4v) is 2.78. The molecule has 6 heteroatoms. The van der Waals surface area contributed by atoms with Crippen LogP contribution in [0.4, 0.5) is 4.79 Å². The summed E-state index contributed by atoms with van der Waals surface area (Å²) in [6, 6.07) is 0.296. The van der Waals surface area contributed by atoms with Crippen molar-refractivity contribution in [3.05, 3.63) is 0 Å². The van der Waals surface area contributed by atoms with Gasteiger partial charge in [-0.25, -0.2) is 4.79 Å². The quantitative estimate of drug-likeness (QED) is 0.452. The van der Waals surface area contributed by atoms with Gasteiger partial charge in [0.15, 0.2) is 0 Å². The zero-order valence-corrected chi connectivity index (χ0v) is 12.0. The van der Waals surface area contributed by atoms with Crippen LogP contribution in [0.1, 0.15) is 6.92 Å². The largest absolute Gasteiger partial charge is 0.334 e. The van der Waals surface area contributed by atoms with Gasteiger partial charge in [0.2, 0.25) is 0 Å². The molecule has 6 nitrogen and oxygen atoms in total. The van der Waals surface area contributed by atoms with Crippen LogP contribution in [-0.2, 0) is 0 Å². The molecule has 0 bridgehead atoms. The number of nitrogens with one attached hydrogen (secondary N) is 4. The second kappa shape index (κ2) is 6.92. The minimum absolute atomic E-state index is 0.0135. The number of nitrogens with zero attached hydrogens (tertiary/aromatic N) is 1. The van der Waals surface area contributed by atoms with Crippen molar-refractivity contribution in [1.29, 1.82) is 0 Å². The number of carbonyl (C=O) groups is 1. The van der Waals surface area contributed by atoms with Gasteiger partial charge in [-0.3, -0.25) is 0 Å². The maximum atomic E-state index is 11.8. The predicted molar refractivity (Wildman–Crippen MR) is 73.8 cm³/mol. The van der Waals surface area contributed by atoms with E-state index in [1.54, 1.807) is 0 Å². The van der Waals surface area contributed by atoms with Gasteiger partial charge in [0.1, 0.15) is 0 Å². The van der Waals surface area contributed by atoms with Crippen LogP contribution in [-0.4, -0.2) is 70.8 Å². The summed E-state index contributed by atoms with van der Waals surface area (Å²) >= 11 is 0. The van der Waals surface area contributed by atoms with Crippen molar-refractivity contribution < 1.29 is 4.79 Å². The molecule has 1 atom stereocenters. The molecule has 4 N–H and O–H groups in total. The van der Waals surface area contributed by atoms with E-state index in [1.807, 2.05) is 33.0 Å². The topological polar surface area (TPSA) is 68.4 Å². The van der Waals surface area contributed by atoms with Crippen molar-refractivity contribution >= 4 is 6.03 Å². The molecule has 106 valence electrons. The fourth-order valence-electron chi connectivity index (χ4n) is 2.78. The summed E-state index contributed by atoms with van der Waals surface area (Å²) < 4.78 is 0. The second-order valence-electron chi connectivity index (χ2n) is 5.32. The first kappa shape index (κ1) is 15.2. The first-order chi connectivity index (χ1) is 8.56. The SMILES string of the molecule is CNCC(CNC)(CNC)CN1CC(C)NC1=O.